The molecule has 0 aliphatic carbocycles. The maximum absolute atomic E-state index is 12.9. The van der Waals surface area contributed by atoms with E-state index < -0.39 is 30.0 Å². The van der Waals surface area contributed by atoms with Crippen LogP contribution in [0.25, 0.3) is 11.5 Å². The lowest BCUT2D eigenvalue weighted by Crippen LogP contribution is -2.48. The monoisotopic (exact) mass is 569 g/mol. The van der Waals surface area contributed by atoms with E-state index in [2.05, 4.69) is 25.5 Å². The van der Waals surface area contributed by atoms with Gasteiger partial charge in [0.15, 0.2) is 0 Å². The molecule has 0 spiro atoms. The fraction of sp³-hybridized carbons (Fsp3) is 0.292. The molecule has 0 bridgehead atoms. The van der Waals surface area contributed by atoms with E-state index in [4.69, 9.17) is 33.0 Å². The van der Waals surface area contributed by atoms with Crippen molar-refractivity contribution in [1.29, 1.82) is 5.26 Å². The van der Waals surface area contributed by atoms with Crippen molar-refractivity contribution >= 4 is 35.0 Å². The normalized spacial score (nSPS) is 11.9. The van der Waals surface area contributed by atoms with E-state index in [1.54, 1.807) is 24.3 Å². The van der Waals surface area contributed by atoms with Crippen LogP contribution in [0.4, 0.5) is 13.2 Å². The van der Waals surface area contributed by atoms with E-state index in [0.717, 1.165) is 6.07 Å². The molecule has 200 valence electrons. The Kier molecular flexibility index (Phi) is 9.92. The van der Waals surface area contributed by atoms with Crippen molar-refractivity contribution in [2.24, 2.45) is 0 Å². The number of aromatic nitrogens is 2. The number of nitriles is 1. The van der Waals surface area contributed by atoms with Crippen molar-refractivity contribution in [3.63, 3.8) is 0 Å². The summed E-state index contributed by atoms with van der Waals surface area (Å²) in [6, 6.07) is 10.9. The highest BCUT2D eigenvalue weighted by Crippen LogP contribution is 2.31. The van der Waals surface area contributed by atoms with Gasteiger partial charge in [0.05, 0.1) is 11.1 Å². The lowest BCUT2D eigenvalue weighted by atomic mass is 10.0. The number of carbonyl (C=O) groups excluding carboxylic acids is 2. The topological polar surface area (TPSA) is 130 Å². The van der Waals surface area contributed by atoms with Crippen LogP contribution in [-0.4, -0.2) is 40.9 Å². The average Bonchev–Trinajstić information content (AvgIpc) is 3.35. The number of alkyl halides is 3. The predicted molar refractivity (Wildman–Crippen MR) is 130 cm³/mol. The van der Waals surface area contributed by atoms with Crippen molar-refractivity contribution in [3.05, 3.63) is 63.9 Å². The Morgan fingerprint density at radius 1 is 1.16 bits per heavy atom. The molecule has 0 fully saturated rings. The SMILES string of the molecule is N#CCCCCNC(=O)[C@H](Cc1ccc(OC(F)(F)F)c(Cl)c1)NC(=O)c1noc(-c2cccc(Cl)c2)n1. The van der Waals surface area contributed by atoms with Crippen LogP contribution >= 0.6 is 23.2 Å². The number of hydrogen-bond acceptors (Lipinski definition) is 7. The quantitative estimate of drug-likeness (QED) is 0.307. The van der Waals surface area contributed by atoms with Crippen molar-refractivity contribution in [2.75, 3.05) is 6.54 Å². The third-order valence-electron chi connectivity index (χ3n) is 5.00. The summed E-state index contributed by atoms with van der Waals surface area (Å²) in [5, 5.41) is 17.6. The first kappa shape index (κ1) is 28.7. The van der Waals surface area contributed by atoms with E-state index in [1.807, 2.05) is 6.07 Å². The van der Waals surface area contributed by atoms with Crippen LogP contribution in [-0.2, 0) is 11.2 Å². The van der Waals surface area contributed by atoms with Gasteiger partial charge in [-0.15, -0.1) is 13.2 Å². The minimum Gasteiger partial charge on any atom is -0.404 e. The molecule has 0 aliphatic heterocycles. The van der Waals surface area contributed by atoms with Crippen LogP contribution in [0.1, 0.15) is 35.4 Å². The van der Waals surface area contributed by atoms with Crippen LogP contribution in [0.5, 0.6) is 5.75 Å². The summed E-state index contributed by atoms with van der Waals surface area (Å²) in [5.74, 6) is -2.32. The Bertz CT molecular complexity index is 1330. The van der Waals surface area contributed by atoms with Gasteiger partial charge in [0.1, 0.15) is 11.8 Å². The average molecular weight is 570 g/mol. The smallest absolute Gasteiger partial charge is 0.404 e. The Labute approximate surface area is 224 Å². The molecular weight excluding hydrogens is 550 g/mol. The van der Waals surface area contributed by atoms with Crippen molar-refractivity contribution < 1.29 is 32.0 Å². The lowest BCUT2D eigenvalue weighted by Gasteiger charge is -2.18. The van der Waals surface area contributed by atoms with E-state index >= 15 is 0 Å². The number of nitrogens with one attached hydrogen (secondary N) is 2. The van der Waals surface area contributed by atoms with Gasteiger partial charge in [0.2, 0.25) is 5.91 Å². The molecule has 0 saturated carbocycles. The minimum absolute atomic E-state index is 0.0307. The number of hydrogen-bond donors (Lipinski definition) is 2. The van der Waals surface area contributed by atoms with E-state index in [-0.39, 0.29) is 29.7 Å². The van der Waals surface area contributed by atoms with Gasteiger partial charge < -0.3 is 19.9 Å². The van der Waals surface area contributed by atoms with Crippen molar-refractivity contribution in [2.45, 2.75) is 38.1 Å². The molecule has 0 unspecified atom stereocenters. The number of carbonyl (C=O) groups is 2. The zero-order chi connectivity index (χ0) is 27.7. The Balaban J connectivity index is 1.75. The van der Waals surface area contributed by atoms with Crippen molar-refractivity contribution in [3.8, 4) is 23.3 Å². The second kappa shape index (κ2) is 13.1. The molecule has 2 N–H and O–H groups in total. The van der Waals surface area contributed by atoms with Gasteiger partial charge in [0.25, 0.3) is 17.6 Å². The Morgan fingerprint density at radius 3 is 2.63 bits per heavy atom. The van der Waals surface area contributed by atoms with E-state index in [0.29, 0.717) is 35.4 Å². The molecular formula is C24H20Cl2F3N5O4. The van der Waals surface area contributed by atoms with Gasteiger partial charge in [-0.05, 0) is 48.7 Å². The molecule has 3 aromatic rings. The third kappa shape index (κ3) is 8.64. The lowest BCUT2D eigenvalue weighted by molar-refractivity contribution is -0.274. The standard InChI is InChI=1S/C24H20Cl2F3N5O4/c25-16-6-4-5-15(13-16)23-33-20(34-38-23)22(36)32-18(21(35)31-10-3-1-2-9-30)12-14-7-8-19(17(26)11-14)37-24(27,28)29/h4-8,11,13,18H,1-3,10,12H2,(H,31,35)(H,32,36)/t18-/m0/s1. The summed E-state index contributed by atoms with van der Waals surface area (Å²) >= 11 is 11.9. The number of benzene rings is 2. The number of rotatable bonds is 11. The van der Waals surface area contributed by atoms with Crippen LogP contribution in [0, 0.1) is 11.3 Å². The summed E-state index contributed by atoms with van der Waals surface area (Å²) in [6.07, 6.45) is -3.63. The first-order valence-electron chi connectivity index (χ1n) is 11.1. The first-order valence-corrected chi connectivity index (χ1v) is 11.9. The highest BCUT2D eigenvalue weighted by molar-refractivity contribution is 6.32. The molecule has 0 aliphatic rings. The third-order valence-corrected chi connectivity index (χ3v) is 5.53. The van der Waals surface area contributed by atoms with Crippen LogP contribution in [0.2, 0.25) is 10.0 Å². The van der Waals surface area contributed by atoms with Crippen LogP contribution in [0.15, 0.2) is 47.0 Å². The molecule has 1 atom stereocenters. The molecule has 1 aromatic heterocycles. The summed E-state index contributed by atoms with van der Waals surface area (Å²) in [7, 11) is 0. The largest absolute Gasteiger partial charge is 0.573 e. The molecule has 3 rings (SSSR count). The molecule has 38 heavy (non-hydrogen) atoms. The zero-order valence-corrected chi connectivity index (χ0v) is 21.0. The van der Waals surface area contributed by atoms with Gasteiger partial charge in [-0.2, -0.15) is 10.2 Å². The Hall–Kier alpha value is -3.82. The molecule has 2 aromatic carbocycles. The molecule has 9 nitrogen and oxygen atoms in total. The summed E-state index contributed by atoms with van der Waals surface area (Å²) in [5.41, 5.74) is 0.828. The summed E-state index contributed by atoms with van der Waals surface area (Å²) in [4.78, 5) is 29.8. The highest BCUT2D eigenvalue weighted by Gasteiger charge is 2.32. The van der Waals surface area contributed by atoms with Crippen LogP contribution < -0.4 is 15.4 Å². The second-order valence-corrected chi connectivity index (χ2v) is 8.73. The molecule has 14 heteroatoms. The van der Waals surface area contributed by atoms with Gasteiger partial charge in [0, 0.05) is 30.0 Å². The number of nitrogens with zero attached hydrogens (tertiary/aromatic N) is 3. The summed E-state index contributed by atoms with van der Waals surface area (Å²) < 4.78 is 46.6. The van der Waals surface area contributed by atoms with Gasteiger partial charge in [-0.1, -0.05) is 40.5 Å². The summed E-state index contributed by atoms with van der Waals surface area (Å²) in [6.45, 7) is 0.243. The maximum Gasteiger partial charge on any atom is 0.573 e. The van der Waals surface area contributed by atoms with E-state index in [9.17, 15) is 22.8 Å². The van der Waals surface area contributed by atoms with Crippen molar-refractivity contribution in [1.82, 2.24) is 20.8 Å². The zero-order valence-electron chi connectivity index (χ0n) is 19.5. The number of unbranched alkanes of at least 4 members (excludes halogenated alkanes) is 2. The molecule has 2 amide bonds. The minimum atomic E-state index is -4.93. The molecule has 0 saturated heterocycles. The number of ether oxygens (including phenoxy) is 1. The molecule has 1 heterocycles. The molecule has 0 radical (unpaired) electrons. The fourth-order valence-electron chi connectivity index (χ4n) is 3.26. The van der Waals surface area contributed by atoms with Crippen LogP contribution in [0.3, 0.4) is 0 Å². The van der Waals surface area contributed by atoms with Gasteiger partial charge in [-0.3, -0.25) is 9.59 Å². The Morgan fingerprint density at radius 2 is 1.95 bits per heavy atom. The predicted octanol–water partition coefficient (Wildman–Crippen LogP) is 5.09. The highest BCUT2D eigenvalue weighted by atomic mass is 35.5. The van der Waals surface area contributed by atoms with Gasteiger partial charge in [-0.25, -0.2) is 0 Å². The van der Waals surface area contributed by atoms with Gasteiger partial charge >= 0.3 is 6.36 Å². The second-order valence-electron chi connectivity index (χ2n) is 7.88. The maximum atomic E-state index is 12.9. The first-order chi connectivity index (χ1) is 18.1. The number of halogens is 5. The number of amides is 2. The van der Waals surface area contributed by atoms with E-state index in [1.165, 1.54) is 12.1 Å². The fourth-order valence-corrected chi connectivity index (χ4v) is 3.70.